The number of carbonyl (C=O) groups excluding carboxylic acids is 1. The Bertz CT molecular complexity index is 1170. The SMILES string of the molecule is COc1ccc([C@H]2CCCN2Cc2nc3ccccc3c(=O)n2CC(N)=O)c(OC)c1. The van der Waals surface area contributed by atoms with Gasteiger partial charge in [-0.2, -0.15) is 0 Å². The fourth-order valence-corrected chi connectivity index (χ4v) is 4.30. The second-order valence-electron chi connectivity index (χ2n) is 7.64. The summed E-state index contributed by atoms with van der Waals surface area (Å²) >= 11 is 0. The van der Waals surface area contributed by atoms with Crippen molar-refractivity contribution in [2.24, 2.45) is 5.73 Å². The van der Waals surface area contributed by atoms with Crippen LogP contribution in [0.25, 0.3) is 10.9 Å². The maximum atomic E-state index is 13.0. The van der Waals surface area contributed by atoms with Crippen molar-refractivity contribution in [3.63, 3.8) is 0 Å². The van der Waals surface area contributed by atoms with E-state index in [2.05, 4.69) is 4.90 Å². The standard InChI is InChI=1S/C23H26N4O4/c1-30-15-9-10-17(20(12-15)31-2)19-8-5-11-26(19)14-22-25-18-7-4-3-6-16(18)23(29)27(22)13-21(24)28/h3-4,6-7,9-10,12,19H,5,8,11,13-14H2,1-2H3,(H2,24,28)/t19-/m1/s1. The number of fused-ring (bicyclic) bond motifs is 1. The summed E-state index contributed by atoms with van der Waals surface area (Å²) in [6.45, 7) is 1.07. The van der Waals surface area contributed by atoms with E-state index in [0.29, 0.717) is 23.3 Å². The zero-order valence-electron chi connectivity index (χ0n) is 17.7. The molecule has 8 nitrogen and oxygen atoms in total. The Balaban J connectivity index is 1.73. The van der Waals surface area contributed by atoms with Crippen LogP contribution in [0.5, 0.6) is 11.5 Å². The van der Waals surface area contributed by atoms with Gasteiger partial charge in [-0.3, -0.25) is 19.1 Å². The third-order valence-electron chi connectivity index (χ3n) is 5.76. The van der Waals surface area contributed by atoms with Crippen LogP contribution >= 0.6 is 0 Å². The fraction of sp³-hybridized carbons (Fsp3) is 0.348. The Morgan fingerprint density at radius 2 is 2.00 bits per heavy atom. The molecule has 8 heteroatoms. The highest BCUT2D eigenvalue weighted by molar-refractivity contribution is 5.78. The smallest absolute Gasteiger partial charge is 0.261 e. The molecule has 162 valence electrons. The maximum Gasteiger partial charge on any atom is 0.261 e. The van der Waals surface area contributed by atoms with Gasteiger partial charge in [0.2, 0.25) is 5.91 Å². The summed E-state index contributed by atoms with van der Waals surface area (Å²) < 4.78 is 12.3. The summed E-state index contributed by atoms with van der Waals surface area (Å²) in [5.41, 5.74) is 6.85. The molecule has 0 spiro atoms. The maximum absolute atomic E-state index is 13.0. The van der Waals surface area contributed by atoms with Crippen LogP contribution < -0.4 is 20.8 Å². The Morgan fingerprint density at radius 3 is 2.74 bits per heavy atom. The number of carbonyl (C=O) groups is 1. The van der Waals surface area contributed by atoms with Gasteiger partial charge in [0.1, 0.15) is 23.9 Å². The van der Waals surface area contributed by atoms with E-state index in [9.17, 15) is 9.59 Å². The number of para-hydroxylation sites is 1. The van der Waals surface area contributed by atoms with Gasteiger partial charge in [-0.25, -0.2) is 4.98 Å². The number of nitrogens with two attached hydrogens (primary N) is 1. The molecule has 1 aromatic heterocycles. The van der Waals surface area contributed by atoms with Crippen molar-refractivity contribution in [1.29, 1.82) is 0 Å². The quantitative estimate of drug-likeness (QED) is 0.627. The lowest BCUT2D eigenvalue weighted by Crippen LogP contribution is -2.34. The second kappa shape index (κ2) is 8.77. The van der Waals surface area contributed by atoms with Crippen LogP contribution in [0.2, 0.25) is 0 Å². The van der Waals surface area contributed by atoms with Gasteiger partial charge >= 0.3 is 0 Å². The van der Waals surface area contributed by atoms with Gasteiger partial charge in [0.15, 0.2) is 0 Å². The molecule has 2 heterocycles. The number of hydrogen-bond acceptors (Lipinski definition) is 6. The van der Waals surface area contributed by atoms with Gasteiger partial charge in [0, 0.05) is 17.7 Å². The molecule has 1 aliphatic rings. The van der Waals surface area contributed by atoms with Gasteiger partial charge in [-0.1, -0.05) is 18.2 Å². The van der Waals surface area contributed by atoms with Crippen molar-refractivity contribution in [3.8, 4) is 11.5 Å². The number of hydrogen-bond donors (Lipinski definition) is 1. The van der Waals surface area contributed by atoms with Gasteiger partial charge in [0.05, 0.1) is 31.7 Å². The zero-order valence-corrected chi connectivity index (χ0v) is 17.7. The average molecular weight is 422 g/mol. The van der Waals surface area contributed by atoms with Crippen molar-refractivity contribution in [1.82, 2.24) is 14.5 Å². The highest BCUT2D eigenvalue weighted by atomic mass is 16.5. The van der Waals surface area contributed by atoms with Crippen LogP contribution in [0.1, 0.15) is 30.3 Å². The van der Waals surface area contributed by atoms with E-state index in [1.807, 2.05) is 30.3 Å². The fourth-order valence-electron chi connectivity index (χ4n) is 4.30. The molecule has 31 heavy (non-hydrogen) atoms. The number of rotatable bonds is 7. The number of amides is 1. The van der Waals surface area contributed by atoms with Crippen molar-refractivity contribution in [2.75, 3.05) is 20.8 Å². The summed E-state index contributed by atoms with van der Waals surface area (Å²) in [7, 11) is 3.27. The summed E-state index contributed by atoms with van der Waals surface area (Å²) in [6, 6.07) is 13.1. The molecule has 1 fully saturated rings. The number of nitrogens with zero attached hydrogens (tertiary/aromatic N) is 3. The molecule has 0 unspecified atom stereocenters. The van der Waals surface area contributed by atoms with Gasteiger partial charge in [-0.15, -0.1) is 0 Å². The lowest BCUT2D eigenvalue weighted by molar-refractivity contribution is -0.118. The third kappa shape index (κ3) is 4.11. The molecule has 1 amide bonds. The van der Waals surface area contributed by atoms with Crippen LogP contribution in [0, 0.1) is 0 Å². The highest BCUT2D eigenvalue weighted by Gasteiger charge is 2.30. The van der Waals surface area contributed by atoms with E-state index in [1.165, 1.54) is 4.57 Å². The number of ether oxygens (including phenoxy) is 2. The van der Waals surface area contributed by atoms with Crippen LogP contribution in [-0.2, 0) is 17.9 Å². The Morgan fingerprint density at radius 1 is 1.19 bits per heavy atom. The van der Waals surface area contributed by atoms with Crippen molar-refractivity contribution in [2.45, 2.75) is 32.0 Å². The molecule has 0 saturated carbocycles. The third-order valence-corrected chi connectivity index (χ3v) is 5.76. The first-order valence-electron chi connectivity index (χ1n) is 10.2. The molecule has 2 aromatic carbocycles. The molecule has 1 aliphatic heterocycles. The first kappa shape index (κ1) is 20.9. The van der Waals surface area contributed by atoms with E-state index in [1.54, 1.807) is 26.4 Å². The van der Waals surface area contributed by atoms with Gasteiger partial charge in [0.25, 0.3) is 5.56 Å². The van der Waals surface area contributed by atoms with Crippen molar-refractivity contribution in [3.05, 3.63) is 64.2 Å². The van der Waals surface area contributed by atoms with Crippen LogP contribution in [0.15, 0.2) is 47.3 Å². The predicted octanol–water partition coefficient (Wildman–Crippen LogP) is 2.24. The minimum absolute atomic E-state index is 0.103. The number of methoxy groups -OCH3 is 2. The molecule has 2 N–H and O–H groups in total. The lowest BCUT2D eigenvalue weighted by atomic mass is 10.0. The summed E-state index contributed by atoms with van der Waals surface area (Å²) in [5.74, 6) is 1.45. The summed E-state index contributed by atoms with van der Waals surface area (Å²) in [5, 5.41) is 0.474. The number of primary amides is 1. The molecule has 4 rings (SSSR count). The van der Waals surface area contributed by atoms with Gasteiger partial charge < -0.3 is 15.2 Å². The minimum atomic E-state index is -0.574. The number of likely N-dealkylation sites (tertiary alicyclic amines) is 1. The van der Waals surface area contributed by atoms with Crippen molar-refractivity contribution < 1.29 is 14.3 Å². The predicted molar refractivity (Wildman–Crippen MR) is 117 cm³/mol. The second-order valence-corrected chi connectivity index (χ2v) is 7.64. The van der Waals surface area contributed by atoms with Gasteiger partial charge in [-0.05, 0) is 37.6 Å². The van der Waals surface area contributed by atoms with E-state index in [4.69, 9.17) is 20.2 Å². The summed E-state index contributed by atoms with van der Waals surface area (Å²) in [4.78, 5) is 31.7. The van der Waals surface area contributed by atoms with Crippen molar-refractivity contribution >= 4 is 16.8 Å². The molecular formula is C23H26N4O4. The van der Waals surface area contributed by atoms with E-state index < -0.39 is 5.91 Å². The Labute approximate surface area is 180 Å². The first-order chi connectivity index (χ1) is 15.0. The Hall–Kier alpha value is -3.39. The molecule has 1 atom stereocenters. The zero-order chi connectivity index (χ0) is 22.0. The van der Waals surface area contributed by atoms with E-state index in [0.717, 1.165) is 36.4 Å². The molecular weight excluding hydrogens is 396 g/mol. The monoisotopic (exact) mass is 422 g/mol. The molecule has 0 aliphatic carbocycles. The lowest BCUT2D eigenvalue weighted by Gasteiger charge is -2.27. The molecule has 0 radical (unpaired) electrons. The van der Waals surface area contributed by atoms with Crippen LogP contribution in [0.4, 0.5) is 0 Å². The van der Waals surface area contributed by atoms with Crippen LogP contribution in [0.3, 0.4) is 0 Å². The number of aromatic nitrogens is 2. The molecule has 1 saturated heterocycles. The minimum Gasteiger partial charge on any atom is -0.497 e. The molecule has 3 aromatic rings. The Kier molecular flexibility index (Phi) is 5.90. The summed E-state index contributed by atoms with van der Waals surface area (Å²) in [6.07, 6.45) is 1.96. The van der Waals surface area contributed by atoms with Crippen LogP contribution in [-0.4, -0.2) is 41.1 Å². The highest BCUT2D eigenvalue weighted by Crippen LogP contribution is 2.39. The largest absolute Gasteiger partial charge is 0.497 e. The normalized spacial score (nSPS) is 16.5. The average Bonchev–Trinajstić information content (AvgIpc) is 3.23. The topological polar surface area (TPSA) is 99.7 Å². The molecule has 0 bridgehead atoms. The first-order valence-corrected chi connectivity index (χ1v) is 10.2. The van der Waals surface area contributed by atoms with E-state index in [-0.39, 0.29) is 18.1 Å². The number of benzene rings is 2. The van der Waals surface area contributed by atoms with E-state index >= 15 is 0 Å².